The van der Waals surface area contributed by atoms with Gasteiger partial charge in [0.15, 0.2) is 0 Å². The van der Waals surface area contributed by atoms with E-state index in [0.717, 1.165) is 25.3 Å². The number of carboxylic acid groups (broad SMARTS) is 1. The number of anilines is 2. The van der Waals surface area contributed by atoms with Gasteiger partial charge in [0.25, 0.3) is 16.0 Å². The molecule has 0 saturated carbocycles. The van der Waals surface area contributed by atoms with Crippen LogP contribution >= 0.6 is 0 Å². The van der Waals surface area contributed by atoms with E-state index >= 15 is 0 Å². The molecule has 0 spiro atoms. The van der Waals surface area contributed by atoms with E-state index < -0.39 is 26.9 Å². The Bertz CT molecular complexity index is 2070. The summed E-state index contributed by atoms with van der Waals surface area (Å²) in [4.78, 5) is 26.8. The average Bonchev–Trinajstić information content (AvgIpc) is 3.17. The smallest absolute Gasteiger partial charge is 0.335 e. The van der Waals surface area contributed by atoms with Crippen molar-refractivity contribution in [3.63, 3.8) is 0 Å². The van der Waals surface area contributed by atoms with Gasteiger partial charge >= 0.3 is 5.97 Å². The summed E-state index contributed by atoms with van der Waals surface area (Å²) in [6.45, 7) is 2.88. The molecule has 0 atom stereocenters. The zero-order valence-electron chi connectivity index (χ0n) is 32.5. The number of rotatable bonds is 24. The van der Waals surface area contributed by atoms with Crippen molar-refractivity contribution in [3.8, 4) is 11.5 Å². The molecule has 0 saturated heterocycles. The molecular weight excluding hydrogens is 733 g/mol. The van der Waals surface area contributed by atoms with Crippen LogP contribution in [0.3, 0.4) is 0 Å². The number of azo groups is 1. The minimum Gasteiger partial charge on any atom is -0.506 e. The second-order valence-corrected chi connectivity index (χ2v) is 15.8. The third-order valence-corrected chi connectivity index (χ3v) is 10.8. The van der Waals surface area contributed by atoms with Gasteiger partial charge in [0.1, 0.15) is 17.2 Å². The first-order chi connectivity index (χ1) is 26.9. The molecule has 0 unspecified atom stereocenters. The molecule has 5 N–H and O–H groups in total. The van der Waals surface area contributed by atoms with E-state index in [1.165, 1.54) is 120 Å². The molecule has 0 aliphatic rings. The predicted molar refractivity (Wildman–Crippen MR) is 222 cm³/mol. The van der Waals surface area contributed by atoms with Gasteiger partial charge < -0.3 is 25.5 Å². The van der Waals surface area contributed by atoms with E-state index in [0.29, 0.717) is 17.6 Å². The number of nitrogens with zero attached hydrogens (tertiary/aromatic N) is 3. The third-order valence-electron chi connectivity index (χ3n) is 10.00. The highest BCUT2D eigenvalue weighted by Gasteiger charge is 2.21. The van der Waals surface area contributed by atoms with Crippen LogP contribution < -0.4 is 10.2 Å². The fourth-order valence-electron chi connectivity index (χ4n) is 6.76. The third kappa shape index (κ3) is 13.0. The minimum atomic E-state index is -4.61. The maximum absolute atomic E-state index is 13.9. The highest BCUT2D eigenvalue weighted by molar-refractivity contribution is 7.85. The second kappa shape index (κ2) is 21.9. The van der Waals surface area contributed by atoms with Crippen LogP contribution in [0, 0.1) is 0 Å². The Kier molecular flexibility index (Phi) is 17.1. The summed E-state index contributed by atoms with van der Waals surface area (Å²) in [7, 11) is -2.77. The first-order valence-corrected chi connectivity index (χ1v) is 21.2. The number of unbranched alkanes of at least 4 members (excludes halogenated alkanes) is 15. The topological polar surface area (TPSA) is 189 Å². The Balaban J connectivity index is 1.39. The van der Waals surface area contributed by atoms with Crippen molar-refractivity contribution in [2.45, 2.75) is 115 Å². The summed E-state index contributed by atoms with van der Waals surface area (Å²) in [5, 5.41) is 42.5. The van der Waals surface area contributed by atoms with E-state index in [1.54, 1.807) is 24.3 Å². The van der Waals surface area contributed by atoms with Crippen molar-refractivity contribution in [1.29, 1.82) is 0 Å². The molecule has 1 amide bonds. The number of carbonyl (C=O) groups is 2. The Labute approximate surface area is 330 Å². The zero-order chi connectivity index (χ0) is 40.5. The molecule has 12 nitrogen and oxygen atoms in total. The standard InChI is InChI=1S/C43H56N4O8S/c1-3-4-5-6-7-8-9-10-11-12-13-14-15-16-17-20-27-47(2)39-25-24-32(56(53,54)55)29-37(39)44-42(50)35-30-36(33-21-18-19-22-34(33)41(35)49)45-46-38-28-31(43(51)52)23-26-40(38)48/h18-19,21-26,28-30,48-49H,3-17,20,27H2,1-2H3,(H,44,50)(H,51,52)(H,53,54,55). The lowest BCUT2D eigenvalue weighted by Gasteiger charge is -2.23. The molecule has 0 radical (unpaired) electrons. The van der Waals surface area contributed by atoms with Crippen molar-refractivity contribution in [2.75, 3.05) is 23.8 Å². The number of nitrogens with one attached hydrogen (secondary N) is 1. The molecule has 302 valence electrons. The summed E-state index contributed by atoms with van der Waals surface area (Å²) in [6, 6.07) is 15.4. The minimum absolute atomic E-state index is 0.107. The van der Waals surface area contributed by atoms with Gasteiger partial charge in [0, 0.05) is 24.4 Å². The van der Waals surface area contributed by atoms with Crippen LogP contribution in [-0.2, 0) is 10.1 Å². The SMILES string of the molecule is CCCCCCCCCCCCCCCCCCN(C)c1ccc(S(=O)(=O)O)cc1NC(=O)c1cc(N=Nc2cc(C(=O)O)ccc2O)c2ccccc2c1O. The van der Waals surface area contributed by atoms with Gasteiger partial charge in [-0.1, -0.05) is 128 Å². The van der Waals surface area contributed by atoms with Gasteiger partial charge in [0.2, 0.25) is 0 Å². The van der Waals surface area contributed by atoms with Crippen LogP contribution in [0.2, 0.25) is 0 Å². The summed E-state index contributed by atoms with van der Waals surface area (Å²) < 4.78 is 34.0. The average molecular weight is 789 g/mol. The molecule has 4 aromatic rings. The maximum Gasteiger partial charge on any atom is 0.335 e. The lowest BCUT2D eigenvalue weighted by molar-refractivity contribution is 0.0696. The monoisotopic (exact) mass is 788 g/mol. The molecule has 0 aliphatic carbocycles. The fraction of sp³-hybridized carbons (Fsp3) is 0.442. The molecule has 0 aromatic heterocycles. The fourth-order valence-corrected chi connectivity index (χ4v) is 7.26. The molecule has 0 fully saturated rings. The van der Waals surface area contributed by atoms with Crippen LogP contribution in [0.1, 0.15) is 130 Å². The van der Waals surface area contributed by atoms with Crippen LogP contribution in [0.25, 0.3) is 10.8 Å². The number of benzene rings is 4. The number of carbonyl (C=O) groups excluding carboxylic acids is 1. The number of phenolic OH excluding ortho intramolecular Hbond substituents is 2. The zero-order valence-corrected chi connectivity index (χ0v) is 33.4. The van der Waals surface area contributed by atoms with Crippen LogP contribution in [0.4, 0.5) is 22.7 Å². The predicted octanol–water partition coefficient (Wildman–Crippen LogP) is 11.6. The Morgan fingerprint density at radius 2 is 1.25 bits per heavy atom. The number of phenols is 2. The van der Waals surface area contributed by atoms with Gasteiger partial charge in [-0.3, -0.25) is 9.35 Å². The number of carboxylic acids is 1. The number of aromatic carboxylic acids is 1. The Morgan fingerprint density at radius 3 is 1.82 bits per heavy atom. The second-order valence-electron chi connectivity index (χ2n) is 14.4. The quantitative estimate of drug-likeness (QED) is 0.0261. The van der Waals surface area contributed by atoms with Crippen molar-refractivity contribution in [3.05, 3.63) is 77.9 Å². The van der Waals surface area contributed by atoms with E-state index in [-0.39, 0.29) is 45.1 Å². The van der Waals surface area contributed by atoms with Gasteiger partial charge in [-0.25, -0.2) is 4.79 Å². The number of hydrogen-bond acceptors (Lipinski definition) is 9. The summed E-state index contributed by atoms with van der Waals surface area (Å²) in [5.74, 6) is -2.68. The maximum atomic E-state index is 13.9. The summed E-state index contributed by atoms with van der Waals surface area (Å²) in [6.07, 6.45) is 20.1. The molecule has 4 aromatic carbocycles. The Hall–Kier alpha value is -5.01. The first-order valence-electron chi connectivity index (χ1n) is 19.8. The molecular formula is C43H56N4O8S. The van der Waals surface area contributed by atoms with Crippen LogP contribution in [-0.4, -0.2) is 53.8 Å². The van der Waals surface area contributed by atoms with Crippen molar-refractivity contribution in [1.82, 2.24) is 0 Å². The van der Waals surface area contributed by atoms with Crippen molar-refractivity contribution in [2.24, 2.45) is 10.2 Å². The lowest BCUT2D eigenvalue weighted by Crippen LogP contribution is -2.22. The number of hydrogen-bond donors (Lipinski definition) is 5. The van der Waals surface area contributed by atoms with Crippen molar-refractivity contribution >= 4 is 55.5 Å². The molecule has 13 heteroatoms. The van der Waals surface area contributed by atoms with E-state index in [4.69, 9.17) is 0 Å². The molecule has 4 rings (SSSR count). The largest absolute Gasteiger partial charge is 0.506 e. The Morgan fingerprint density at radius 1 is 0.696 bits per heavy atom. The lowest BCUT2D eigenvalue weighted by atomic mass is 10.0. The van der Waals surface area contributed by atoms with Gasteiger partial charge in [0.05, 0.1) is 33.1 Å². The van der Waals surface area contributed by atoms with Crippen LogP contribution in [0.15, 0.2) is 81.9 Å². The highest BCUT2D eigenvalue weighted by Crippen LogP contribution is 2.39. The summed E-state index contributed by atoms with van der Waals surface area (Å²) >= 11 is 0. The number of fused-ring (bicyclic) bond motifs is 1. The molecule has 0 heterocycles. The van der Waals surface area contributed by atoms with E-state index in [1.807, 2.05) is 11.9 Å². The van der Waals surface area contributed by atoms with E-state index in [9.17, 15) is 37.9 Å². The van der Waals surface area contributed by atoms with Gasteiger partial charge in [-0.2, -0.15) is 8.42 Å². The first kappa shape index (κ1) is 43.7. The number of amides is 1. The number of aromatic hydroxyl groups is 2. The van der Waals surface area contributed by atoms with Gasteiger partial charge in [-0.05, 0) is 48.9 Å². The molecule has 56 heavy (non-hydrogen) atoms. The highest BCUT2D eigenvalue weighted by atomic mass is 32.2. The van der Waals surface area contributed by atoms with Gasteiger partial charge in [-0.15, -0.1) is 10.2 Å². The van der Waals surface area contributed by atoms with Crippen LogP contribution in [0.5, 0.6) is 11.5 Å². The normalized spacial score (nSPS) is 11.7. The summed E-state index contributed by atoms with van der Waals surface area (Å²) in [5.41, 5.74) is 0.319. The molecule has 0 aliphatic heterocycles. The molecule has 0 bridgehead atoms. The van der Waals surface area contributed by atoms with Crippen molar-refractivity contribution < 1.29 is 37.9 Å². The van der Waals surface area contributed by atoms with E-state index in [2.05, 4.69) is 22.5 Å².